The summed E-state index contributed by atoms with van der Waals surface area (Å²) in [6.45, 7) is 3.85. The van der Waals surface area contributed by atoms with Crippen molar-refractivity contribution in [2.75, 3.05) is 19.6 Å². The fourth-order valence-electron chi connectivity index (χ4n) is 4.60. The number of rotatable bonds is 4. The number of carbonyl (C=O) groups is 2. The highest BCUT2D eigenvalue weighted by Gasteiger charge is 2.39. The van der Waals surface area contributed by atoms with E-state index >= 15 is 0 Å². The van der Waals surface area contributed by atoms with Crippen molar-refractivity contribution in [3.05, 3.63) is 99.9 Å². The van der Waals surface area contributed by atoms with E-state index in [1.807, 2.05) is 32.0 Å². The van der Waals surface area contributed by atoms with E-state index in [0.29, 0.717) is 17.7 Å². The lowest BCUT2D eigenvalue weighted by molar-refractivity contribution is -0.143. The second-order valence-electron chi connectivity index (χ2n) is 9.56. The molecule has 2 amide bonds. The molecule has 0 bridgehead atoms. The highest BCUT2D eigenvalue weighted by atomic mass is 19.4. The number of pyridine rings is 1. The summed E-state index contributed by atoms with van der Waals surface area (Å²) in [5, 5.41) is 0. The summed E-state index contributed by atoms with van der Waals surface area (Å²) in [6, 6.07) is 9.02. The van der Waals surface area contributed by atoms with Crippen molar-refractivity contribution in [1.29, 1.82) is 0 Å². The van der Waals surface area contributed by atoms with E-state index in [0.717, 1.165) is 16.7 Å². The van der Waals surface area contributed by atoms with Crippen molar-refractivity contribution in [2.45, 2.75) is 38.7 Å². The first kappa shape index (κ1) is 28.1. The van der Waals surface area contributed by atoms with Gasteiger partial charge in [-0.3, -0.25) is 14.6 Å². The van der Waals surface area contributed by atoms with Gasteiger partial charge in [-0.15, -0.1) is 0 Å². The molecule has 4 rings (SSSR count). The fraction of sp³-hybridized carbons (Fsp3) is 0.321. The van der Waals surface area contributed by atoms with Gasteiger partial charge in [0.25, 0.3) is 11.8 Å². The van der Waals surface area contributed by atoms with Crippen molar-refractivity contribution >= 4 is 11.8 Å². The van der Waals surface area contributed by atoms with Crippen LogP contribution in [0.3, 0.4) is 0 Å². The second-order valence-corrected chi connectivity index (χ2v) is 9.56. The van der Waals surface area contributed by atoms with Crippen LogP contribution in [-0.4, -0.2) is 52.3 Å². The molecule has 2 aromatic carbocycles. The Hall–Kier alpha value is -3.89. The van der Waals surface area contributed by atoms with Gasteiger partial charge in [0.05, 0.1) is 22.7 Å². The average Bonchev–Trinajstić information content (AvgIpc) is 2.89. The molecule has 1 aliphatic heterocycles. The SMILES string of the molecule is Cc1ccc(CC2CN(C(=O)c3cccnc3)CCN2C(=O)c2cc(C(F)(F)F)cc(C(F)(F)F)c2)cc1C. The number of aromatic nitrogens is 1. The third-order valence-corrected chi connectivity index (χ3v) is 6.82. The van der Waals surface area contributed by atoms with E-state index in [2.05, 4.69) is 4.98 Å². The first-order chi connectivity index (χ1) is 18.2. The van der Waals surface area contributed by atoms with Gasteiger partial charge in [0.1, 0.15) is 0 Å². The number of piperazine rings is 1. The third kappa shape index (κ3) is 6.40. The summed E-state index contributed by atoms with van der Waals surface area (Å²) in [6.07, 6.45) is -7.00. The Labute approximate surface area is 221 Å². The molecule has 0 radical (unpaired) electrons. The highest BCUT2D eigenvalue weighted by molar-refractivity contribution is 5.96. The molecule has 3 aromatic rings. The molecule has 5 nitrogen and oxygen atoms in total. The Balaban J connectivity index is 1.70. The Kier molecular flexibility index (Phi) is 7.72. The summed E-state index contributed by atoms with van der Waals surface area (Å²) in [5.41, 5.74) is -0.668. The monoisotopic (exact) mass is 549 g/mol. The van der Waals surface area contributed by atoms with Crippen molar-refractivity contribution in [1.82, 2.24) is 14.8 Å². The molecule has 11 heteroatoms. The third-order valence-electron chi connectivity index (χ3n) is 6.82. The van der Waals surface area contributed by atoms with Gasteiger partial charge in [0.2, 0.25) is 0 Å². The zero-order chi connectivity index (χ0) is 28.5. The summed E-state index contributed by atoms with van der Waals surface area (Å²) >= 11 is 0. The van der Waals surface area contributed by atoms with Crippen LogP contribution in [-0.2, 0) is 18.8 Å². The first-order valence-corrected chi connectivity index (χ1v) is 12.1. The number of nitrogens with zero attached hydrogens (tertiary/aromatic N) is 3. The first-order valence-electron chi connectivity index (χ1n) is 12.1. The van der Waals surface area contributed by atoms with Gasteiger partial charge in [-0.2, -0.15) is 26.3 Å². The number of hydrogen-bond acceptors (Lipinski definition) is 3. The topological polar surface area (TPSA) is 53.5 Å². The summed E-state index contributed by atoms with van der Waals surface area (Å²) in [7, 11) is 0. The lowest BCUT2D eigenvalue weighted by Crippen LogP contribution is -2.57. The molecular formula is C28H25F6N3O2. The number of halogens is 6. The van der Waals surface area contributed by atoms with E-state index in [-0.39, 0.29) is 38.0 Å². The van der Waals surface area contributed by atoms with Crippen molar-refractivity contribution in [3.8, 4) is 0 Å². The van der Waals surface area contributed by atoms with E-state index in [1.54, 1.807) is 12.1 Å². The van der Waals surface area contributed by atoms with Gasteiger partial charge < -0.3 is 9.80 Å². The number of hydrogen-bond donors (Lipinski definition) is 0. The number of carbonyl (C=O) groups excluding carboxylic acids is 2. The molecule has 1 saturated heterocycles. The number of alkyl halides is 6. The molecule has 1 aromatic heterocycles. The summed E-state index contributed by atoms with van der Waals surface area (Å²) in [5.74, 6) is -1.30. The Morgan fingerprint density at radius 3 is 2.08 bits per heavy atom. The van der Waals surface area contributed by atoms with Crippen LogP contribution in [0.1, 0.15) is 48.5 Å². The van der Waals surface area contributed by atoms with Crippen LogP contribution in [0.2, 0.25) is 0 Å². The minimum atomic E-state index is -5.08. The number of benzene rings is 2. The molecule has 39 heavy (non-hydrogen) atoms. The molecule has 0 N–H and O–H groups in total. The minimum Gasteiger partial charge on any atom is -0.335 e. The normalized spacial score (nSPS) is 16.4. The van der Waals surface area contributed by atoms with Crippen LogP contribution in [0.15, 0.2) is 60.9 Å². The maximum atomic E-state index is 13.5. The highest BCUT2D eigenvalue weighted by Crippen LogP contribution is 2.37. The minimum absolute atomic E-state index is 0.00611. The molecule has 0 saturated carbocycles. The Morgan fingerprint density at radius 2 is 1.51 bits per heavy atom. The predicted octanol–water partition coefficient (Wildman–Crippen LogP) is 5.95. The lowest BCUT2D eigenvalue weighted by Gasteiger charge is -2.42. The van der Waals surface area contributed by atoms with E-state index in [1.165, 1.54) is 22.2 Å². The van der Waals surface area contributed by atoms with Gasteiger partial charge in [-0.05, 0) is 67.3 Å². The van der Waals surface area contributed by atoms with Crippen LogP contribution < -0.4 is 0 Å². The maximum Gasteiger partial charge on any atom is 0.416 e. The van der Waals surface area contributed by atoms with Gasteiger partial charge in [-0.25, -0.2) is 0 Å². The molecule has 0 aliphatic carbocycles. The van der Waals surface area contributed by atoms with Crippen molar-refractivity contribution in [2.24, 2.45) is 0 Å². The van der Waals surface area contributed by atoms with E-state index in [4.69, 9.17) is 0 Å². The molecule has 1 aliphatic rings. The predicted molar refractivity (Wildman–Crippen MR) is 131 cm³/mol. The van der Waals surface area contributed by atoms with Crippen LogP contribution in [0.25, 0.3) is 0 Å². The van der Waals surface area contributed by atoms with E-state index in [9.17, 15) is 35.9 Å². The van der Waals surface area contributed by atoms with Gasteiger partial charge >= 0.3 is 12.4 Å². The standard InChI is InChI=1S/C28H25F6N3O2/c1-17-5-6-19(10-18(17)2)11-24-16-36(25(38)20-4-3-7-35-15-20)8-9-37(24)26(39)21-12-22(27(29,30)31)14-23(13-21)28(32,33)34/h3-7,10,12-15,24H,8-9,11,16H2,1-2H3. The fourth-order valence-corrected chi connectivity index (χ4v) is 4.60. The molecule has 1 fully saturated rings. The molecule has 1 atom stereocenters. The van der Waals surface area contributed by atoms with Crippen LogP contribution in [0.5, 0.6) is 0 Å². The molecular weight excluding hydrogens is 524 g/mol. The largest absolute Gasteiger partial charge is 0.416 e. The smallest absolute Gasteiger partial charge is 0.335 e. The number of amides is 2. The van der Waals surface area contributed by atoms with Gasteiger partial charge in [0, 0.05) is 37.6 Å². The van der Waals surface area contributed by atoms with Crippen molar-refractivity contribution < 1.29 is 35.9 Å². The Morgan fingerprint density at radius 1 is 0.846 bits per heavy atom. The lowest BCUT2D eigenvalue weighted by atomic mass is 9.97. The molecule has 2 heterocycles. The van der Waals surface area contributed by atoms with Crippen LogP contribution in [0.4, 0.5) is 26.3 Å². The Bertz CT molecular complexity index is 1340. The molecule has 0 spiro atoms. The summed E-state index contributed by atoms with van der Waals surface area (Å²) in [4.78, 5) is 33.3. The zero-order valence-corrected chi connectivity index (χ0v) is 21.1. The average molecular weight is 550 g/mol. The van der Waals surface area contributed by atoms with Gasteiger partial charge in [-0.1, -0.05) is 18.2 Å². The number of aryl methyl sites for hydroxylation is 2. The van der Waals surface area contributed by atoms with E-state index < -0.39 is 41.0 Å². The van der Waals surface area contributed by atoms with Crippen LogP contribution in [0, 0.1) is 13.8 Å². The quantitative estimate of drug-likeness (QED) is 0.379. The van der Waals surface area contributed by atoms with Crippen LogP contribution >= 0.6 is 0 Å². The second kappa shape index (κ2) is 10.7. The summed E-state index contributed by atoms with van der Waals surface area (Å²) < 4.78 is 80.6. The maximum absolute atomic E-state index is 13.5. The molecule has 206 valence electrons. The van der Waals surface area contributed by atoms with Gasteiger partial charge in [0.15, 0.2) is 0 Å². The van der Waals surface area contributed by atoms with Crippen molar-refractivity contribution in [3.63, 3.8) is 0 Å². The molecule has 1 unspecified atom stereocenters. The zero-order valence-electron chi connectivity index (χ0n) is 21.1.